The maximum absolute atomic E-state index is 12.5. The number of aliphatic hydroxyl groups is 3. The zero-order chi connectivity index (χ0) is 43.7. The van der Waals surface area contributed by atoms with Crippen molar-refractivity contribution in [3.8, 4) is 0 Å². The van der Waals surface area contributed by atoms with Gasteiger partial charge in [-0.25, -0.2) is 0 Å². The molecule has 0 aromatic heterocycles. The third-order valence-electron chi connectivity index (χ3n) is 12.8. The van der Waals surface area contributed by atoms with Crippen molar-refractivity contribution in [2.24, 2.45) is 0 Å². The number of unbranched alkanes of at least 4 members (excludes halogenated alkanes) is 40. The molecule has 0 spiro atoms. The van der Waals surface area contributed by atoms with Gasteiger partial charge in [0.05, 0.1) is 18.8 Å². The molecule has 3 unspecified atom stereocenters. The van der Waals surface area contributed by atoms with Crippen LogP contribution in [0.1, 0.15) is 296 Å². The van der Waals surface area contributed by atoms with E-state index in [9.17, 15) is 20.1 Å². The molecule has 0 aromatic rings. The first-order chi connectivity index (χ1) is 29.6. The van der Waals surface area contributed by atoms with Crippen molar-refractivity contribution in [1.82, 2.24) is 5.32 Å². The largest absolute Gasteiger partial charge is 0.394 e. The highest BCUT2D eigenvalue weighted by molar-refractivity contribution is 5.80. The summed E-state index contributed by atoms with van der Waals surface area (Å²) in [5.74, 6) is -0.499. The first kappa shape index (κ1) is 58.8. The summed E-state index contributed by atoms with van der Waals surface area (Å²) in [6.45, 7) is 4.21. The fourth-order valence-electron chi connectivity index (χ4n) is 8.54. The Balaban J connectivity index is 3.55. The third-order valence-corrected chi connectivity index (χ3v) is 12.8. The molecule has 0 aliphatic heterocycles. The van der Waals surface area contributed by atoms with Gasteiger partial charge in [0.15, 0.2) is 0 Å². The topological polar surface area (TPSA) is 89.8 Å². The lowest BCUT2D eigenvalue weighted by Gasteiger charge is -2.21. The summed E-state index contributed by atoms with van der Waals surface area (Å²) in [6, 6.07) is -0.796. The van der Waals surface area contributed by atoms with Crippen molar-refractivity contribution in [3.05, 3.63) is 24.3 Å². The van der Waals surface area contributed by atoms with Gasteiger partial charge in [-0.15, -0.1) is 0 Å². The second kappa shape index (κ2) is 50.5. The van der Waals surface area contributed by atoms with E-state index < -0.39 is 24.2 Å². The lowest BCUT2D eigenvalue weighted by Crippen LogP contribution is -2.48. The number of hydrogen-bond acceptors (Lipinski definition) is 4. The number of hydrogen-bond donors (Lipinski definition) is 4. The Morgan fingerprint density at radius 2 is 0.667 bits per heavy atom. The van der Waals surface area contributed by atoms with E-state index in [4.69, 9.17) is 0 Å². The monoisotopic (exact) mass is 846 g/mol. The van der Waals surface area contributed by atoms with Crippen LogP contribution in [0.25, 0.3) is 0 Å². The second-order valence-corrected chi connectivity index (χ2v) is 18.8. The van der Waals surface area contributed by atoms with Crippen LogP contribution >= 0.6 is 0 Å². The summed E-state index contributed by atoms with van der Waals surface area (Å²) >= 11 is 0. The van der Waals surface area contributed by atoms with Crippen LogP contribution in [0.15, 0.2) is 24.3 Å². The molecule has 0 saturated heterocycles. The molecule has 0 heterocycles. The van der Waals surface area contributed by atoms with Crippen molar-refractivity contribution in [2.75, 3.05) is 6.61 Å². The molecule has 0 aliphatic rings. The first-order valence-electron chi connectivity index (χ1n) is 27.2. The average molecular weight is 846 g/mol. The van der Waals surface area contributed by atoms with Crippen LogP contribution in [0, 0.1) is 0 Å². The Labute approximate surface area is 375 Å². The Bertz CT molecular complexity index is 890. The van der Waals surface area contributed by atoms with E-state index in [0.717, 1.165) is 32.1 Å². The molecule has 0 radical (unpaired) electrons. The van der Waals surface area contributed by atoms with Crippen LogP contribution in [-0.2, 0) is 4.79 Å². The predicted octanol–water partition coefficient (Wildman–Crippen LogP) is 16.5. The second-order valence-electron chi connectivity index (χ2n) is 18.8. The maximum atomic E-state index is 12.5. The van der Waals surface area contributed by atoms with Gasteiger partial charge in [-0.3, -0.25) is 4.79 Å². The Morgan fingerprint density at radius 3 is 0.967 bits per heavy atom. The van der Waals surface area contributed by atoms with E-state index in [1.54, 1.807) is 6.08 Å². The fourth-order valence-corrected chi connectivity index (χ4v) is 8.54. The number of carbonyl (C=O) groups is 1. The van der Waals surface area contributed by atoms with Crippen LogP contribution in [0.2, 0.25) is 0 Å². The van der Waals surface area contributed by atoms with E-state index in [1.807, 2.05) is 6.08 Å². The summed E-state index contributed by atoms with van der Waals surface area (Å²) in [5, 5.41) is 33.3. The van der Waals surface area contributed by atoms with E-state index in [-0.39, 0.29) is 6.61 Å². The van der Waals surface area contributed by atoms with Crippen molar-refractivity contribution < 1.29 is 20.1 Å². The maximum Gasteiger partial charge on any atom is 0.249 e. The SMILES string of the molecule is CCCCCCCCCCCCCC/C=C\CCCCCCCCCCCCCCCC(O)C(=O)NC(CO)C(O)/C=C/CCCCCCCCCCCCCCCCC. The van der Waals surface area contributed by atoms with Gasteiger partial charge in [0.1, 0.15) is 6.10 Å². The van der Waals surface area contributed by atoms with Crippen molar-refractivity contribution in [1.29, 1.82) is 0 Å². The van der Waals surface area contributed by atoms with Crippen LogP contribution in [-0.4, -0.2) is 46.1 Å². The molecule has 0 aromatic carbocycles. The molecule has 0 fully saturated rings. The Hall–Kier alpha value is -1.17. The third kappa shape index (κ3) is 44.9. The molecule has 4 N–H and O–H groups in total. The van der Waals surface area contributed by atoms with Gasteiger partial charge in [-0.2, -0.15) is 0 Å². The Morgan fingerprint density at radius 1 is 0.400 bits per heavy atom. The van der Waals surface area contributed by atoms with Crippen LogP contribution < -0.4 is 5.32 Å². The molecule has 0 aliphatic carbocycles. The van der Waals surface area contributed by atoms with Crippen molar-refractivity contribution in [2.45, 2.75) is 315 Å². The highest BCUT2D eigenvalue weighted by atomic mass is 16.3. The fraction of sp³-hybridized carbons (Fsp3) is 0.909. The van der Waals surface area contributed by atoms with Gasteiger partial charge in [0.25, 0.3) is 0 Å². The van der Waals surface area contributed by atoms with Gasteiger partial charge >= 0.3 is 0 Å². The first-order valence-corrected chi connectivity index (χ1v) is 27.2. The van der Waals surface area contributed by atoms with E-state index in [1.165, 1.54) is 244 Å². The number of amides is 1. The van der Waals surface area contributed by atoms with Gasteiger partial charge < -0.3 is 20.6 Å². The summed E-state index contributed by atoms with van der Waals surface area (Å²) in [5.41, 5.74) is 0. The Kier molecular flexibility index (Phi) is 49.5. The van der Waals surface area contributed by atoms with E-state index >= 15 is 0 Å². The van der Waals surface area contributed by atoms with Gasteiger partial charge in [-0.05, 0) is 44.9 Å². The molecule has 0 rings (SSSR count). The summed E-state index contributed by atoms with van der Waals surface area (Å²) < 4.78 is 0. The quantitative estimate of drug-likeness (QED) is 0.0363. The molecule has 1 amide bonds. The van der Waals surface area contributed by atoms with E-state index in [2.05, 4.69) is 31.3 Å². The zero-order valence-electron chi connectivity index (χ0n) is 40.6. The lowest BCUT2D eigenvalue weighted by atomic mass is 10.0. The molecule has 3 atom stereocenters. The molecular formula is C55H107NO4. The average Bonchev–Trinajstić information content (AvgIpc) is 3.25. The molecule has 0 bridgehead atoms. The highest BCUT2D eigenvalue weighted by Gasteiger charge is 2.22. The minimum atomic E-state index is -1.10. The molecule has 5 nitrogen and oxygen atoms in total. The lowest BCUT2D eigenvalue weighted by molar-refractivity contribution is -0.131. The minimum absolute atomic E-state index is 0.361. The van der Waals surface area contributed by atoms with Gasteiger partial charge in [0, 0.05) is 0 Å². The van der Waals surface area contributed by atoms with Gasteiger partial charge in [-0.1, -0.05) is 276 Å². The summed E-state index contributed by atoms with van der Waals surface area (Å²) in [7, 11) is 0. The van der Waals surface area contributed by atoms with Crippen LogP contribution in [0.5, 0.6) is 0 Å². The predicted molar refractivity (Wildman–Crippen MR) is 264 cm³/mol. The summed E-state index contributed by atoms with van der Waals surface area (Å²) in [6.07, 6.45) is 63.9. The molecular weight excluding hydrogens is 739 g/mol. The van der Waals surface area contributed by atoms with Crippen molar-refractivity contribution >= 4 is 5.91 Å². The van der Waals surface area contributed by atoms with Crippen LogP contribution in [0.3, 0.4) is 0 Å². The highest BCUT2D eigenvalue weighted by Crippen LogP contribution is 2.17. The van der Waals surface area contributed by atoms with Gasteiger partial charge in [0.2, 0.25) is 5.91 Å². The normalized spacial score (nSPS) is 13.5. The number of allylic oxidation sites excluding steroid dienone is 3. The number of rotatable bonds is 50. The molecule has 5 heteroatoms. The smallest absolute Gasteiger partial charge is 0.249 e. The zero-order valence-corrected chi connectivity index (χ0v) is 40.6. The number of aliphatic hydroxyl groups excluding tert-OH is 3. The molecule has 356 valence electrons. The number of nitrogens with one attached hydrogen (secondary N) is 1. The van der Waals surface area contributed by atoms with E-state index in [0.29, 0.717) is 6.42 Å². The van der Waals surface area contributed by atoms with Crippen molar-refractivity contribution in [3.63, 3.8) is 0 Å². The summed E-state index contributed by atoms with van der Waals surface area (Å²) in [4.78, 5) is 12.5. The standard InChI is InChI=1S/C55H107NO4/c1-3-5-7-9-11-13-15-17-19-21-22-23-24-25-26-27-28-29-30-31-32-34-36-38-40-42-44-46-48-50-54(59)55(60)56-52(51-57)53(58)49-47-45-43-41-39-37-35-33-20-18-16-14-12-10-8-6-4-2/h25-26,47,49,52-54,57-59H,3-24,27-46,48,50-51H2,1-2H3,(H,56,60)/b26-25-,49-47+. The van der Waals surface area contributed by atoms with Crippen LogP contribution in [0.4, 0.5) is 0 Å². The minimum Gasteiger partial charge on any atom is -0.394 e. The number of carbonyl (C=O) groups excluding carboxylic acids is 1. The molecule has 0 saturated carbocycles. The molecule has 60 heavy (non-hydrogen) atoms.